The maximum Gasteiger partial charge on any atom is 0.336 e. The van der Waals surface area contributed by atoms with Gasteiger partial charge in [-0.3, -0.25) is 0 Å². The first-order valence-corrected chi connectivity index (χ1v) is 7.99. The Morgan fingerprint density at radius 2 is 1.73 bits per heavy atom. The van der Waals surface area contributed by atoms with E-state index in [1.54, 1.807) is 12.1 Å². The first kappa shape index (κ1) is 17.5. The Morgan fingerprint density at radius 3 is 2.50 bits per heavy atom. The summed E-state index contributed by atoms with van der Waals surface area (Å²) in [6.07, 6.45) is 0. The molecule has 0 saturated heterocycles. The molecule has 0 bridgehead atoms. The second kappa shape index (κ2) is 6.52. The van der Waals surface area contributed by atoms with Gasteiger partial charge in [0.1, 0.15) is 11.5 Å². The topological polar surface area (TPSA) is 46.5 Å². The molecule has 0 fully saturated rings. The van der Waals surface area contributed by atoms with E-state index in [-0.39, 0.29) is 13.0 Å². The van der Waals surface area contributed by atoms with E-state index in [2.05, 4.69) is 6.58 Å². The zero-order valence-corrected chi connectivity index (χ0v) is 13.7. The molecule has 4 rings (SSSR count). The van der Waals surface area contributed by atoms with Gasteiger partial charge in [0.25, 0.3) is 0 Å². The molecule has 0 spiro atoms. The number of carboxylic acids is 1. The van der Waals surface area contributed by atoms with Gasteiger partial charge in [0.15, 0.2) is 0 Å². The highest BCUT2D eigenvalue weighted by Gasteiger charge is 2.23. The lowest BCUT2D eigenvalue weighted by molar-refractivity contribution is 0.0696. The maximum atomic E-state index is 11.7. The molecular formula is C23H20O3. The average Bonchev–Trinajstić information content (AvgIpc) is 2.59. The van der Waals surface area contributed by atoms with Crippen molar-refractivity contribution in [2.75, 3.05) is 0 Å². The lowest BCUT2D eigenvalue weighted by atomic mass is 9.89. The van der Waals surface area contributed by atoms with Gasteiger partial charge in [-0.05, 0) is 41.5 Å². The SMILES string of the molecule is C.C=c1ccc2c(c1)Oc1cc(C)ccc1C=2c1ccccc1C(=O)O. The molecule has 3 aromatic rings. The van der Waals surface area contributed by atoms with Crippen molar-refractivity contribution >= 4 is 18.1 Å². The largest absolute Gasteiger partial charge is 0.478 e. The van der Waals surface area contributed by atoms with Crippen LogP contribution >= 0.6 is 0 Å². The van der Waals surface area contributed by atoms with Gasteiger partial charge < -0.3 is 9.84 Å². The van der Waals surface area contributed by atoms with E-state index in [4.69, 9.17) is 4.74 Å². The summed E-state index contributed by atoms with van der Waals surface area (Å²) < 4.78 is 6.08. The number of benzene rings is 3. The smallest absolute Gasteiger partial charge is 0.336 e. The molecule has 0 amide bonds. The third kappa shape index (κ3) is 2.78. The van der Waals surface area contributed by atoms with Crippen molar-refractivity contribution < 1.29 is 14.6 Å². The standard InChI is InChI=1S/C22H16O3.CH4/c1-13-7-9-17-19(11-13)25-20-12-14(2)8-10-18(20)21(17)15-5-3-4-6-16(15)22(23)24;/h3-12H,1H2,2H3,(H,23,24);1H4. The van der Waals surface area contributed by atoms with Crippen molar-refractivity contribution in [3.05, 3.63) is 93.4 Å². The van der Waals surface area contributed by atoms with Crippen molar-refractivity contribution in [3.8, 4) is 11.5 Å². The predicted octanol–water partition coefficient (Wildman–Crippen LogP) is 4.09. The van der Waals surface area contributed by atoms with E-state index in [0.29, 0.717) is 11.3 Å². The van der Waals surface area contributed by atoms with Crippen molar-refractivity contribution in [1.29, 1.82) is 0 Å². The molecular weight excluding hydrogens is 324 g/mol. The summed E-state index contributed by atoms with van der Waals surface area (Å²) in [5, 5.41) is 11.3. The van der Waals surface area contributed by atoms with Crippen LogP contribution in [0.3, 0.4) is 0 Å². The molecule has 3 aromatic carbocycles. The van der Waals surface area contributed by atoms with Crippen molar-refractivity contribution in [2.24, 2.45) is 0 Å². The Balaban J connectivity index is 0.00000196. The van der Waals surface area contributed by atoms with Crippen LogP contribution in [-0.4, -0.2) is 11.1 Å². The molecule has 26 heavy (non-hydrogen) atoms. The fourth-order valence-corrected chi connectivity index (χ4v) is 3.22. The Kier molecular flexibility index (Phi) is 4.39. The Hall–Kier alpha value is -3.33. The van der Waals surface area contributed by atoms with Crippen LogP contribution in [0.2, 0.25) is 0 Å². The summed E-state index contributed by atoms with van der Waals surface area (Å²) in [7, 11) is 0. The third-order valence-corrected chi connectivity index (χ3v) is 4.37. The summed E-state index contributed by atoms with van der Waals surface area (Å²) in [5.74, 6) is 0.479. The zero-order chi connectivity index (χ0) is 17.6. The zero-order valence-electron chi connectivity index (χ0n) is 13.7. The summed E-state index contributed by atoms with van der Waals surface area (Å²) in [5.41, 5.74) is 3.80. The number of carboxylic acid groups (broad SMARTS) is 1. The summed E-state index contributed by atoms with van der Waals surface area (Å²) in [6, 6.07) is 18.8. The second-order valence-electron chi connectivity index (χ2n) is 6.16. The van der Waals surface area contributed by atoms with E-state index in [1.807, 2.05) is 55.5 Å². The van der Waals surface area contributed by atoms with Crippen LogP contribution in [0.25, 0.3) is 12.2 Å². The number of rotatable bonds is 2. The molecule has 3 heteroatoms. The van der Waals surface area contributed by atoms with Gasteiger partial charge in [-0.25, -0.2) is 4.79 Å². The second-order valence-corrected chi connectivity index (χ2v) is 6.16. The Morgan fingerprint density at radius 1 is 0.962 bits per heavy atom. The molecule has 0 aliphatic carbocycles. The first-order valence-electron chi connectivity index (χ1n) is 7.99. The summed E-state index contributed by atoms with van der Waals surface area (Å²) >= 11 is 0. The van der Waals surface area contributed by atoms with E-state index in [0.717, 1.165) is 32.9 Å². The van der Waals surface area contributed by atoms with Crippen LogP contribution < -0.4 is 15.2 Å². The van der Waals surface area contributed by atoms with Crippen LogP contribution in [0.4, 0.5) is 0 Å². The number of carbonyl (C=O) groups is 1. The quantitative estimate of drug-likeness (QED) is 0.596. The normalized spacial score (nSPS) is 11.7. The number of fused-ring (bicyclic) bond motifs is 2. The molecule has 1 N–H and O–H groups in total. The third-order valence-electron chi connectivity index (χ3n) is 4.37. The van der Waals surface area contributed by atoms with Crippen molar-refractivity contribution in [2.45, 2.75) is 14.4 Å². The molecule has 0 aromatic heterocycles. The average molecular weight is 344 g/mol. The molecule has 130 valence electrons. The number of aromatic carboxylic acids is 1. The van der Waals surface area contributed by atoms with Crippen molar-refractivity contribution in [1.82, 2.24) is 0 Å². The predicted molar refractivity (Wildman–Crippen MR) is 104 cm³/mol. The van der Waals surface area contributed by atoms with Gasteiger partial charge in [0.2, 0.25) is 0 Å². The molecule has 1 aliphatic heterocycles. The fraction of sp³-hybridized carbons (Fsp3) is 0.0870. The van der Waals surface area contributed by atoms with Crippen LogP contribution in [0, 0.1) is 6.92 Å². The minimum absolute atomic E-state index is 0. The van der Waals surface area contributed by atoms with Gasteiger partial charge in [-0.15, -0.1) is 0 Å². The molecule has 1 heterocycles. The summed E-state index contributed by atoms with van der Waals surface area (Å²) in [4.78, 5) is 11.7. The van der Waals surface area contributed by atoms with E-state index in [1.165, 1.54) is 0 Å². The van der Waals surface area contributed by atoms with E-state index in [9.17, 15) is 9.90 Å². The van der Waals surface area contributed by atoms with Crippen LogP contribution in [0.15, 0.2) is 60.7 Å². The molecule has 0 radical (unpaired) electrons. The van der Waals surface area contributed by atoms with Gasteiger partial charge in [-0.1, -0.05) is 56.5 Å². The Labute approximate surface area is 152 Å². The number of hydrogen-bond donors (Lipinski definition) is 1. The molecule has 0 unspecified atom stereocenters. The highest BCUT2D eigenvalue weighted by atomic mass is 16.5. The van der Waals surface area contributed by atoms with Gasteiger partial charge >= 0.3 is 5.97 Å². The molecule has 0 atom stereocenters. The van der Waals surface area contributed by atoms with Gasteiger partial charge in [0.05, 0.1) is 5.56 Å². The lowest BCUT2D eigenvalue weighted by Gasteiger charge is -2.22. The highest BCUT2D eigenvalue weighted by molar-refractivity contribution is 5.98. The van der Waals surface area contributed by atoms with E-state index >= 15 is 0 Å². The monoisotopic (exact) mass is 344 g/mol. The maximum absolute atomic E-state index is 11.7. The summed E-state index contributed by atoms with van der Waals surface area (Å²) in [6.45, 7) is 5.96. The van der Waals surface area contributed by atoms with E-state index < -0.39 is 5.97 Å². The van der Waals surface area contributed by atoms with Crippen LogP contribution in [0.5, 0.6) is 11.5 Å². The highest BCUT2D eigenvalue weighted by Crippen LogP contribution is 2.37. The molecule has 1 aliphatic rings. The van der Waals surface area contributed by atoms with Crippen molar-refractivity contribution in [3.63, 3.8) is 0 Å². The van der Waals surface area contributed by atoms with Crippen LogP contribution in [-0.2, 0) is 0 Å². The number of ether oxygens (including phenoxy) is 1. The van der Waals surface area contributed by atoms with Gasteiger partial charge in [-0.2, -0.15) is 0 Å². The minimum atomic E-state index is -0.946. The minimum Gasteiger partial charge on any atom is -0.478 e. The first-order chi connectivity index (χ1) is 12.0. The number of aryl methyl sites for hydroxylation is 1. The Bertz CT molecular complexity index is 1130. The van der Waals surface area contributed by atoms with Crippen LogP contribution in [0.1, 0.15) is 34.5 Å². The fourth-order valence-electron chi connectivity index (χ4n) is 3.22. The lowest BCUT2D eigenvalue weighted by Crippen LogP contribution is -2.20. The molecule has 3 nitrogen and oxygen atoms in total. The number of hydrogen-bond acceptors (Lipinski definition) is 2. The molecule has 0 saturated carbocycles. The van der Waals surface area contributed by atoms with Gasteiger partial charge in [0, 0.05) is 16.4 Å².